The molecule has 0 atom stereocenters. The van der Waals surface area contributed by atoms with Gasteiger partial charge in [-0.3, -0.25) is 0 Å². The standard InChI is InChI=1S/C62H59BN2/c1-59(2)31-32-60(3,4)50-37-46(28-29-49(50)59)64-55-39-52-51(61(5,6)33-34-62(52,7)8)38-53(55)63-58-56(64)36-44-21-15-16-22-47(44)57(58)48-35-43(41-19-13-10-14-20-41)25-30-54(48)65(63)45-26-23-42(24-27-45)40-17-11-9-12-18-40/h9-30,35-39H,31-34H2,1-8H3. The fourth-order valence-electron chi connectivity index (χ4n) is 12.3. The third-order valence-electron chi connectivity index (χ3n) is 16.4. The fourth-order valence-corrected chi connectivity index (χ4v) is 12.3. The third kappa shape index (κ3) is 6.14. The first-order valence-electron chi connectivity index (χ1n) is 24.0. The van der Waals surface area contributed by atoms with Gasteiger partial charge in [-0.2, -0.15) is 0 Å². The summed E-state index contributed by atoms with van der Waals surface area (Å²) in [5.74, 6) is 0. The Kier molecular flexibility index (Phi) is 8.72. The Morgan fingerprint density at radius 2 is 0.923 bits per heavy atom. The second kappa shape index (κ2) is 14.1. The first-order chi connectivity index (χ1) is 31.2. The van der Waals surface area contributed by atoms with Crippen molar-refractivity contribution in [1.29, 1.82) is 0 Å². The van der Waals surface area contributed by atoms with Crippen LogP contribution in [-0.2, 0) is 21.7 Å². The molecule has 2 aliphatic heterocycles. The van der Waals surface area contributed by atoms with Crippen LogP contribution >= 0.6 is 0 Å². The second-order valence-corrected chi connectivity index (χ2v) is 22.2. The number of anilines is 5. The van der Waals surface area contributed by atoms with Crippen LogP contribution in [0.3, 0.4) is 0 Å². The molecule has 0 fully saturated rings. The molecule has 65 heavy (non-hydrogen) atoms. The SMILES string of the molecule is CC1(C)CCC(C)(C)c2cc(N3c4cc5c(cc4B4c6c3cc3ccccc3c6-c3cc(-c6ccccc6)ccc3N4c3ccc(-c4ccccc4)cc3)C(C)(C)CCC5(C)C)ccc21. The molecule has 0 saturated carbocycles. The van der Waals surface area contributed by atoms with Gasteiger partial charge < -0.3 is 9.71 Å². The average molecular weight is 843 g/mol. The summed E-state index contributed by atoms with van der Waals surface area (Å²) >= 11 is 0. The van der Waals surface area contributed by atoms with Crippen molar-refractivity contribution in [2.45, 2.75) is 103 Å². The van der Waals surface area contributed by atoms with E-state index in [2.05, 4.69) is 229 Å². The van der Waals surface area contributed by atoms with E-state index >= 15 is 0 Å². The summed E-state index contributed by atoms with van der Waals surface area (Å²) in [7, 11) is 0. The Labute approximate surface area is 387 Å². The topological polar surface area (TPSA) is 6.48 Å². The maximum atomic E-state index is 2.70. The highest BCUT2D eigenvalue weighted by atomic mass is 15.2. The largest absolute Gasteiger partial charge is 0.376 e. The van der Waals surface area contributed by atoms with Gasteiger partial charge >= 0.3 is 6.85 Å². The molecule has 0 N–H and O–H groups in total. The molecule has 0 amide bonds. The lowest BCUT2D eigenvalue weighted by molar-refractivity contribution is 0.332. The zero-order valence-electron chi connectivity index (χ0n) is 39.4. The van der Waals surface area contributed by atoms with Gasteiger partial charge in [-0.15, -0.1) is 0 Å². The van der Waals surface area contributed by atoms with E-state index in [1.807, 2.05) is 0 Å². The number of rotatable bonds is 4. The highest BCUT2D eigenvalue weighted by molar-refractivity contribution is 6.94. The van der Waals surface area contributed by atoms with Crippen LogP contribution in [0.2, 0.25) is 0 Å². The van der Waals surface area contributed by atoms with Crippen LogP contribution in [0.5, 0.6) is 0 Å². The molecule has 2 aliphatic carbocycles. The highest BCUT2D eigenvalue weighted by Gasteiger charge is 2.49. The van der Waals surface area contributed by atoms with E-state index < -0.39 is 0 Å². The van der Waals surface area contributed by atoms with Crippen molar-refractivity contribution in [2.75, 3.05) is 9.71 Å². The number of nitrogens with zero attached hydrogens (tertiary/aromatic N) is 2. The molecule has 0 unspecified atom stereocenters. The van der Waals surface area contributed by atoms with Crippen LogP contribution in [0.25, 0.3) is 44.2 Å². The van der Waals surface area contributed by atoms with Gasteiger partial charge in [-0.1, -0.05) is 171 Å². The van der Waals surface area contributed by atoms with E-state index in [0.717, 1.165) is 6.42 Å². The van der Waals surface area contributed by atoms with Crippen molar-refractivity contribution in [1.82, 2.24) is 0 Å². The summed E-state index contributed by atoms with van der Waals surface area (Å²) in [6, 6.07) is 62.9. The molecule has 320 valence electrons. The molecule has 0 spiro atoms. The van der Waals surface area contributed by atoms with Crippen LogP contribution in [-0.4, -0.2) is 6.85 Å². The zero-order valence-corrected chi connectivity index (χ0v) is 39.4. The first-order valence-corrected chi connectivity index (χ1v) is 24.0. The summed E-state index contributed by atoms with van der Waals surface area (Å²) in [6.45, 7) is 19.7. The molecule has 0 aromatic heterocycles. The number of benzene rings is 8. The minimum absolute atomic E-state index is 0.0396. The Morgan fingerprint density at radius 1 is 0.400 bits per heavy atom. The Bertz CT molecular complexity index is 3210. The van der Waals surface area contributed by atoms with Crippen LogP contribution in [0.15, 0.2) is 164 Å². The highest BCUT2D eigenvalue weighted by Crippen LogP contribution is 2.54. The normalized spacial score (nSPS) is 18.0. The molecular weight excluding hydrogens is 784 g/mol. The lowest BCUT2D eigenvalue weighted by Gasteiger charge is -2.49. The van der Waals surface area contributed by atoms with Crippen molar-refractivity contribution < 1.29 is 0 Å². The third-order valence-corrected chi connectivity index (χ3v) is 16.4. The van der Waals surface area contributed by atoms with E-state index in [4.69, 9.17) is 0 Å². The van der Waals surface area contributed by atoms with Gasteiger partial charge in [0, 0.05) is 34.0 Å². The van der Waals surface area contributed by atoms with Crippen LogP contribution in [0.4, 0.5) is 28.4 Å². The van der Waals surface area contributed by atoms with Crippen molar-refractivity contribution >= 4 is 57.0 Å². The van der Waals surface area contributed by atoms with Crippen LogP contribution < -0.4 is 20.6 Å². The van der Waals surface area contributed by atoms with Gasteiger partial charge in [0.25, 0.3) is 0 Å². The summed E-state index contributed by atoms with van der Waals surface area (Å²) < 4.78 is 0. The van der Waals surface area contributed by atoms with Crippen molar-refractivity contribution in [3.05, 3.63) is 186 Å². The van der Waals surface area contributed by atoms with Crippen LogP contribution in [0, 0.1) is 0 Å². The quantitative estimate of drug-likeness (QED) is 0.163. The van der Waals surface area contributed by atoms with E-state index in [9.17, 15) is 0 Å². The van der Waals surface area contributed by atoms with Crippen molar-refractivity contribution in [2.24, 2.45) is 0 Å². The maximum absolute atomic E-state index is 2.70. The van der Waals surface area contributed by atoms with Gasteiger partial charge in [-0.25, -0.2) is 0 Å². The maximum Gasteiger partial charge on any atom is 0.333 e. The lowest BCUT2D eigenvalue weighted by atomic mass is 9.42. The summed E-state index contributed by atoms with van der Waals surface area (Å²) in [5.41, 5.74) is 22.8. The summed E-state index contributed by atoms with van der Waals surface area (Å²) in [6.07, 6.45) is 4.70. The molecule has 2 nitrogen and oxygen atoms in total. The Balaban J connectivity index is 1.21. The molecule has 2 heterocycles. The number of hydrogen-bond acceptors (Lipinski definition) is 2. The fraction of sp³-hybridized carbons (Fsp3) is 0.258. The van der Waals surface area contributed by atoms with Gasteiger partial charge in [0.05, 0.1) is 0 Å². The number of fused-ring (bicyclic) bond motifs is 8. The zero-order chi connectivity index (χ0) is 44.6. The Hall–Kier alpha value is -6.32. The second-order valence-electron chi connectivity index (χ2n) is 22.2. The summed E-state index contributed by atoms with van der Waals surface area (Å²) in [4.78, 5) is 5.39. The van der Waals surface area contributed by atoms with Gasteiger partial charge in [0.15, 0.2) is 0 Å². The minimum Gasteiger partial charge on any atom is -0.376 e. The predicted octanol–water partition coefficient (Wildman–Crippen LogP) is 15.6. The molecule has 0 saturated heterocycles. The molecule has 8 aromatic carbocycles. The van der Waals surface area contributed by atoms with Crippen LogP contribution in [0.1, 0.15) is 103 Å². The molecule has 0 radical (unpaired) electrons. The lowest BCUT2D eigenvalue weighted by Crippen LogP contribution is -2.62. The molecule has 12 rings (SSSR count). The van der Waals surface area contributed by atoms with Gasteiger partial charge in [-0.05, 0) is 168 Å². The smallest absolute Gasteiger partial charge is 0.333 e. The van der Waals surface area contributed by atoms with Crippen molar-refractivity contribution in [3.8, 4) is 33.4 Å². The van der Waals surface area contributed by atoms with Gasteiger partial charge in [0.2, 0.25) is 0 Å². The average Bonchev–Trinajstić information content (AvgIpc) is 3.32. The van der Waals surface area contributed by atoms with E-state index in [0.29, 0.717) is 0 Å². The minimum atomic E-state index is -0.0763. The Morgan fingerprint density at radius 3 is 1.58 bits per heavy atom. The molecule has 0 bridgehead atoms. The van der Waals surface area contributed by atoms with E-state index in [1.165, 1.54) is 125 Å². The molecule has 4 aliphatic rings. The van der Waals surface area contributed by atoms with E-state index in [-0.39, 0.29) is 28.5 Å². The van der Waals surface area contributed by atoms with Gasteiger partial charge in [0.1, 0.15) is 0 Å². The monoisotopic (exact) mass is 842 g/mol. The molecule has 3 heteroatoms. The van der Waals surface area contributed by atoms with E-state index in [1.54, 1.807) is 0 Å². The number of hydrogen-bond donors (Lipinski definition) is 0. The van der Waals surface area contributed by atoms with Crippen molar-refractivity contribution in [3.63, 3.8) is 0 Å². The summed E-state index contributed by atoms with van der Waals surface area (Å²) in [5, 5.41) is 2.57. The predicted molar refractivity (Wildman–Crippen MR) is 279 cm³/mol. The molecule has 8 aromatic rings. The first kappa shape index (κ1) is 40.2. The molecular formula is C62H59BN2.